The van der Waals surface area contributed by atoms with Gasteiger partial charge in [0.25, 0.3) is 0 Å². The number of nitriles is 1. The van der Waals surface area contributed by atoms with Gasteiger partial charge in [-0.05, 0) is 62.5 Å². The van der Waals surface area contributed by atoms with Crippen LogP contribution < -0.4 is 4.74 Å². The largest absolute Gasteiger partial charge is 0.493 e. The van der Waals surface area contributed by atoms with E-state index in [0.29, 0.717) is 29.9 Å². The van der Waals surface area contributed by atoms with Crippen molar-refractivity contribution in [3.8, 4) is 23.1 Å². The summed E-state index contributed by atoms with van der Waals surface area (Å²) in [7, 11) is 1.74. The topological polar surface area (TPSA) is 124 Å². The van der Waals surface area contributed by atoms with Crippen LogP contribution >= 0.6 is 0 Å². The Kier molecular flexibility index (Phi) is 7.97. The molecule has 200 valence electrons. The normalized spacial score (nSPS) is 14.8. The maximum Gasteiger partial charge on any atom is 0.419 e. The molecule has 0 radical (unpaired) electrons. The Labute approximate surface area is 217 Å². The number of halogens is 3. The molecule has 3 heterocycles. The average Bonchev–Trinajstić information content (AvgIpc) is 3.24. The van der Waals surface area contributed by atoms with Crippen LogP contribution in [0.25, 0.3) is 22.3 Å². The molecule has 1 aromatic carbocycles. The van der Waals surface area contributed by atoms with Crippen LogP contribution in [-0.2, 0) is 18.0 Å². The SMILES string of the molecule is CC(=N)OC(=N)CN1CCC(CCOc2ccc(-c3cc4c(ncn4C)c(C#N)n3)cc2C(F)(F)F)CC1. The Morgan fingerprint density at radius 1 is 1.21 bits per heavy atom. The van der Waals surface area contributed by atoms with E-state index in [1.165, 1.54) is 25.4 Å². The van der Waals surface area contributed by atoms with Crippen LogP contribution in [0.3, 0.4) is 0 Å². The van der Waals surface area contributed by atoms with Gasteiger partial charge in [-0.3, -0.25) is 15.7 Å². The number of fused-ring (bicyclic) bond motifs is 1. The van der Waals surface area contributed by atoms with E-state index < -0.39 is 11.7 Å². The highest BCUT2D eigenvalue weighted by molar-refractivity contribution is 5.88. The summed E-state index contributed by atoms with van der Waals surface area (Å²) in [6.07, 6.45) is -0.807. The first-order valence-electron chi connectivity index (χ1n) is 12.1. The summed E-state index contributed by atoms with van der Waals surface area (Å²) in [5.74, 6) is 0.0692. The number of nitrogens with one attached hydrogen (secondary N) is 2. The van der Waals surface area contributed by atoms with Gasteiger partial charge in [-0.1, -0.05) is 0 Å². The number of rotatable bonds is 7. The van der Waals surface area contributed by atoms with Gasteiger partial charge in [0.05, 0.1) is 36.3 Å². The van der Waals surface area contributed by atoms with Gasteiger partial charge in [-0.2, -0.15) is 18.4 Å². The minimum Gasteiger partial charge on any atom is -0.493 e. The molecular formula is C26H28F3N7O2. The predicted octanol–water partition coefficient (Wildman–Crippen LogP) is 5.00. The molecule has 1 fully saturated rings. The van der Waals surface area contributed by atoms with Crippen LogP contribution in [-0.4, -0.2) is 57.5 Å². The second-order valence-corrected chi connectivity index (χ2v) is 9.34. The zero-order valence-electron chi connectivity index (χ0n) is 21.1. The molecule has 0 aliphatic carbocycles. The van der Waals surface area contributed by atoms with Crippen LogP contribution in [0.2, 0.25) is 0 Å². The van der Waals surface area contributed by atoms with Crippen LogP contribution in [0.15, 0.2) is 30.6 Å². The van der Waals surface area contributed by atoms with Gasteiger partial charge in [0.15, 0.2) is 11.6 Å². The minimum atomic E-state index is -4.63. The van der Waals surface area contributed by atoms with Gasteiger partial charge >= 0.3 is 6.18 Å². The molecule has 4 rings (SSSR count). The number of benzene rings is 1. The fourth-order valence-electron chi connectivity index (χ4n) is 4.58. The number of pyridine rings is 1. The molecule has 38 heavy (non-hydrogen) atoms. The number of ether oxygens (including phenoxy) is 2. The summed E-state index contributed by atoms with van der Waals surface area (Å²) in [6.45, 7) is 3.44. The highest BCUT2D eigenvalue weighted by atomic mass is 19.4. The van der Waals surface area contributed by atoms with E-state index in [9.17, 15) is 18.4 Å². The van der Waals surface area contributed by atoms with Crippen LogP contribution in [0.1, 0.15) is 37.4 Å². The number of hydrogen-bond donors (Lipinski definition) is 2. The van der Waals surface area contributed by atoms with Gasteiger partial charge in [0.2, 0.25) is 5.90 Å². The number of alkyl halides is 3. The van der Waals surface area contributed by atoms with Crippen molar-refractivity contribution >= 4 is 22.8 Å². The van der Waals surface area contributed by atoms with Crippen LogP contribution in [0, 0.1) is 28.1 Å². The lowest BCUT2D eigenvalue weighted by atomic mass is 9.94. The molecule has 0 unspecified atom stereocenters. The first kappa shape index (κ1) is 27.1. The van der Waals surface area contributed by atoms with Crippen molar-refractivity contribution in [2.45, 2.75) is 32.4 Å². The lowest BCUT2D eigenvalue weighted by Gasteiger charge is -2.31. The first-order valence-corrected chi connectivity index (χ1v) is 12.1. The van der Waals surface area contributed by atoms with Crippen molar-refractivity contribution in [2.24, 2.45) is 13.0 Å². The summed E-state index contributed by atoms with van der Waals surface area (Å²) in [4.78, 5) is 10.4. The van der Waals surface area contributed by atoms with Gasteiger partial charge in [-0.25, -0.2) is 9.97 Å². The number of nitrogens with zero attached hydrogens (tertiary/aromatic N) is 5. The average molecular weight is 528 g/mol. The molecule has 0 atom stereocenters. The lowest BCUT2D eigenvalue weighted by Crippen LogP contribution is -2.38. The summed E-state index contributed by atoms with van der Waals surface area (Å²) >= 11 is 0. The van der Waals surface area contributed by atoms with Crippen LogP contribution in [0.5, 0.6) is 5.75 Å². The molecule has 12 heteroatoms. The van der Waals surface area contributed by atoms with Crippen molar-refractivity contribution < 1.29 is 22.6 Å². The molecule has 1 aliphatic rings. The molecule has 0 bridgehead atoms. The Balaban J connectivity index is 1.42. The minimum absolute atomic E-state index is 0.0223. The van der Waals surface area contributed by atoms with Gasteiger partial charge in [0.1, 0.15) is 17.3 Å². The number of likely N-dealkylation sites (tertiary alicyclic amines) is 1. The Morgan fingerprint density at radius 3 is 2.61 bits per heavy atom. The molecule has 0 spiro atoms. The molecular weight excluding hydrogens is 499 g/mol. The summed E-state index contributed by atoms with van der Waals surface area (Å²) in [6, 6.07) is 7.41. The lowest BCUT2D eigenvalue weighted by molar-refractivity contribution is -0.138. The standard InChI is InChI=1S/C26H28F3N7O2/c1-16(31)38-24(32)14-36-8-5-17(6-9-36)7-10-37-23-4-3-18(11-19(23)26(27,28)29)20-12-22-25(21(13-30)34-20)33-15-35(22)2/h3-4,11-12,15,17,31-32H,5-10,14H2,1-2H3. The predicted molar refractivity (Wildman–Crippen MR) is 135 cm³/mol. The molecule has 3 aromatic rings. The quantitative estimate of drug-likeness (QED) is 0.329. The van der Waals surface area contributed by atoms with Crippen LogP contribution in [0.4, 0.5) is 13.2 Å². The number of imidazole rings is 1. The zero-order valence-corrected chi connectivity index (χ0v) is 21.1. The second-order valence-electron chi connectivity index (χ2n) is 9.34. The summed E-state index contributed by atoms with van der Waals surface area (Å²) in [5, 5.41) is 24.5. The van der Waals surface area contributed by atoms with E-state index in [0.717, 1.165) is 32.0 Å². The summed E-state index contributed by atoms with van der Waals surface area (Å²) < 4.78 is 54.1. The number of aromatic nitrogens is 3. The van der Waals surface area contributed by atoms with Gasteiger partial charge < -0.3 is 14.0 Å². The number of piperidine rings is 1. The van der Waals surface area contributed by atoms with E-state index in [-0.39, 0.29) is 41.1 Å². The van der Waals surface area contributed by atoms with Gasteiger partial charge in [-0.15, -0.1) is 0 Å². The van der Waals surface area contributed by atoms with E-state index in [1.807, 2.05) is 6.07 Å². The van der Waals surface area contributed by atoms with Crippen molar-refractivity contribution in [1.29, 1.82) is 16.1 Å². The third kappa shape index (κ3) is 6.28. The van der Waals surface area contributed by atoms with E-state index in [2.05, 4.69) is 14.9 Å². The monoisotopic (exact) mass is 527 g/mol. The van der Waals surface area contributed by atoms with Crippen molar-refractivity contribution in [3.05, 3.63) is 41.9 Å². The van der Waals surface area contributed by atoms with Crippen molar-refractivity contribution in [2.75, 3.05) is 26.2 Å². The fourth-order valence-corrected chi connectivity index (χ4v) is 4.58. The highest BCUT2D eigenvalue weighted by Gasteiger charge is 2.35. The zero-order chi connectivity index (χ0) is 27.4. The molecule has 1 aliphatic heterocycles. The first-order chi connectivity index (χ1) is 18.0. The summed E-state index contributed by atoms with van der Waals surface area (Å²) in [5.41, 5.74) is 0.622. The van der Waals surface area contributed by atoms with Crippen molar-refractivity contribution in [3.63, 3.8) is 0 Å². The smallest absolute Gasteiger partial charge is 0.419 e. The van der Waals surface area contributed by atoms with Crippen molar-refractivity contribution in [1.82, 2.24) is 19.4 Å². The number of aryl methyl sites for hydroxylation is 1. The molecule has 0 saturated carbocycles. The fraction of sp³-hybridized carbons (Fsp3) is 0.423. The number of hydrogen-bond acceptors (Lipinski definition) is 8. The molecule has 2 aromatic heterocycles. The third-order valence-corrected chi connectivity index (χ3v) is 6.53. The molecule has 9 nitrogen and oxygen atoms in total. The Morgan fingerprint density at radius 2 is 1.95 bits per heavy atom. The van der Waals surface area contributed by atoms with E-state index >= 15 is 0 Å². The highest BCUT2D eigenvalue weighted by Crippen LogP contribution is 2.39. The maximum absolute atomic E-state index is 14.0. The van der Waals surface area contributed by atoms with Gasteiger partial charge in [0, 0.05) is 19.5 Å². The second kappa shape index (κ2) is 11.2. The van der Waals surface area contributed by atoms with E-state index in [1.54, 1.807) is 17.7 Å². The Bertz CT molecular complexity index is 1390. The molecule has 1 saturated heterocycles. The maximum atomic E-state index is 14.0. The Hall–Kier alpha value is -3.98. The molecule has 2 N–H and O–H groups in total. The molecule has 0 amide bonds. The third-order valence-electron chi connectivity index (χ3n) is 6.53. The van der Waals surface area contributed by atoms with E-state index in [4.69, 9.17) is 20.3 Å².